The Labute approximate surface area is 179 Å². The third kappa shape index (κ3) is 4.71. The van der Waals surface area contributed by atoms with Gasteiger partial charge in [0.2, 0.25) is 11.1 Å². The monoisotopic (exact) mass is 421 g/mol. The second kappa shape index (κ2) is 8.71. The first-order valence-corrected chi connectivity index (χ1v) is 10.8. The molecule has 2 aromatic carbocycles. The number of carbonyl (C=O) groups is 2. The van der Waals surface area contributed by atoms with Crippen LogP contribution in [0.3, 0.4) is 0 Å². The van der Waals surface area contributed by atoms with Gasteiger partial charge >= 0.3 is 0 Å². The van der Waals surface area contributed by atoms with Crippen molar-refractivity contribution in [2.24, 2.45) is 0 Å². The summed E-state index contributed by atoms with van der Waals surface area (Å²) in [5, 5.41) is 8.06. The first-order valence-electron chi connectivity index (χ1n) is 9.78. The molecule has 1 fully saturated rings. The number of anilines is 1. The fourth-order valence-electron chi connectivity index (χ4n) is 3.01. The second-order valence-electron chi connectivity index (χ2n) is 7.39. The maximum Gasteiger partial charge on any atom is 0.253 e. The fraction of sp³-hybridized carbons (Fsp3) is 0.273. The van der Waals surface area contributed by atoms with Crippen LogP contribution >= 0.6 is 11.8 Å². The highest BCUT2D eigenvalue weighted by atomic mass is 32.2. The van der Waals surface area contributed by atoms with E-state index in [-0.39, 0.29) is 17.6 Å². The lowest BCUT2D eigenvalue weighted by atomic mass is 10.2. The molecule has 0 unspecified atom stereocenters. The summed E-state index contributed by atoms with van der Waals surface area (Å²) in [6, 6.07) is 16.8. The van der Waals surface area contributed by atoms with Gasteiger partial charge in [-0.05, 0) is 49.2 Å². The molecule has 0 bridgehead atoms. The molecule has 154 valence electrons. The quantitative estimate of drug-likeness (QED) is 0.590. The van der Waals surface area contributed by atoms with Gasteiger partial charge in [-0.15, -0.1) is 5.10 Å². The van der Waals surface area contributed by atoms with Gasteiger partial charge in [-0.2, -0.15) is 0 Å². The van der Waals surface area contributed by atoms with E-state index in [1.54, 1.807) is 38.4 Å². The Morgan fingerprint density at radius 1 is 1.10 bits per heavy atom. The summed E-state index contributed by atoms with van der Waals surface area (Å²) < 4.78 is 1.89. The minimum Gasteiger partial charge on any atom is -0.345 e. The fourth-order valence-corrected chi connectivity index (χ4v) is 3.64. The molecule has 3 aromatic rings. The lowest BCUT2D eigenvalue weighted by Crippen LogP contribution is -2.21. The predicted octanol–water partition coefficient (Wildman–Crippen LogP) is 3.58. The number of nitrogens with zero attached hydrogens (tertiary/aromatic N) is 4. The van der Waals surface area contributed by atoms with Crippen molar-refractivity contribution in [1.29, 1.82) is 0 Å². The summed E-state index contributed by atoms with van der Waals surface area (Å²) in [6.07, 6.45) is 2.25. The number of amides is 2. The van der Waals surface area contributed by atoms with Crippen LogP contribution in [0.5, 0.6) is 0 Å². The largest absolute Gasteiger partial charge is 0.345 e. The van der Waals surface area contributed by atoms with E-state index in [0.29, 0.717) is 22.3 Å². The standard InChI is InChI=1S/C22H23N5O2S/c1-26(2)21(29)16-10-12-17(13-11-16)23-19(28)14-30-22-24-20(15-8-9-15)27(25-22)18-6-4-3-5-7-18/h3-7,10-13,15H,8-9,14H2,1-2H3,(H,23,28). The molecule has 30 heavy (non-hydrogen) atoms. The second-order valence-corrected chi connectivity index (χ2v) is 8.33. The first kappa shape index (κ1) is 20.2. The summed E-state index contributed by atoms with van der Waals surface area (Å²) in [6.45, 7) is 0. The van der Waals surface area contributed by atoms with Crippen LogP contribution in [0, 0.1) is 0 Å². The van der Waals surface area contributed by atoms with Gasteiger partial charge in [0.05, 0.1) is 11.4 Å². The van der Waals surface area contributed by atoms with Crippen LogP contribution in [-0.2, 0) is 4.79 Å². The van der Waals surface area contributed by atoms with E-state index in [1.807, 2.05) is 35.0 Å². The maximum atomic E-state index is 12.4. The molecule has 4 rings (SSSR count). The molecule has 0 saturated heterocycles. The molecule has 0 atom stereocenters. The zero-order valence-corrected chi connectivity index (χ0v) is 17.7. The van der Waals surface area contributed by atoms with E-state index in [4.69, 9.17) is 0 Å². The number of carbonyl (C=O) groups excluding carboxylic acids is 2. The van der Waals surface area contributed by atoms with E-state index in [2.05, 4.69) is 15.4 Å². The molecule has 0 spiro atoms. The van der Waals surface area contributed by atoms with Gasteiger partial charge in [0.15, 0.2) is 0 Å². The molecule has 1 aliphatic carbocycles. The molecule has 1 N–H and O–H groups in total. The smallest absolute Gasteiger partial charge is 0.253 e. The van der Waals surface area contributed by atoms with Crippen LogP contribution in [0.25, 0.3) is 5.69 Å². The van der Waals surface area contributed by atoms with Crippen molar-refractivity contribution < 1.29 is 9.59 Å². The highest BCUT2D eigenvalue weighted by Crippen LogP contribution is 2.40. The number of rotatable bonds is 7. The van der Waals surface area contributed by atoms with Crippen molar-refractivity contribution in [3.8, 4) is 5.69 Å². The van der Waals surface area contributed by atoms with E-state index >= 15 is 0 Å². The Bertz CT molecular complexity index is 1040. The van der Waals surface area contributed by atoms with Crippen LogP contribution in [0.15, 0.2) is 59.8 Å². The van der Waals surface area contributed by atoms with Crippen molar-refractivity contribution in [2.45, 2.75) is 23.9 Å². The average Bonchev–Trinajstić information content (AvgIpc) is 3.52. The normalized spacial score (nSPS) is 13.1. The van der Waals surface area contributed by atoms with Gasteiger partial charge in [-0.25, -0.2) is 9.67 Å². The molecule has 1 heterocycles. The molecule has 1 saturated carbocycles. The summed E-state index contributed by atoms with van der Waals surface area (Å²) in [5.41, 5.74) is 2.21. The van der Waals surface area contributed by atoms with Gasteiger partial charge in [0, 0.05) is 31.3 Å². The van der Waals surface area contributed by atoms with Gasteiger partial charge in [-0.3, -0.25) is 9.59 Å². The number of nitrogens with one attached hydrogen (secondary N) is 1. The SMILES string of the molecule is CN(C)C(=O)c1ccc(NC(=O)CSc2nc(C3CC3)n(-c3ccccc3)n2)cc1. The molecule has 0 aliphatic heterocycles. The number of hydrogen-bond acceptors (Lipinski definition) is 5. The average molecular weight is 422 g/mol. The van der Waals surface area contributed by atoms with Crippen LogP contribution in [0.1, 0.15) is 34.9 Å². The Kier molecular flexibility index (Phi) is 5.85. The zero-order chi connectivity index (χ0) is 21.1. The highest BCUT2D eigenvalue weighted by molar-refractivity contribution is 7.99. The predicted molar refractivity (Wildman–Crippen MR) is 117 cm³/mol. The van der Waals surface area contributed by atoms with Crippen molar-refractivity contribution in [1.82, 2.24) is 19.7 Å². The van der Waals surface area contributed by atoms with Crippen molar-refractivity contribution in [3.63, 3.8) is 0 Å². The van der Waals surface area contributed by atoms with Crippen molar-refractivity contribution in [2.75, 3.05) is 25.2 Å². The number of thioether (sulfide) groups is 1. The van der Waals surface area contributed by atoms with Gasteiger partial charge < -0.3 is 10.2 Å². The van der Waals surface area contributed by atoms with E-state index in [9.17, 15) is 9.59 Å². The van der Waals surface area contributed by atoms with Gasteiger partial charge in [0.1, 0.15) is 5.82 Å². The van der Waals surface area contributed by atoms with Crippen LogP contribution in [0.4, 0.5) is 5.69 Å². The van der Waals surface area contributed by atoms with Crippen molar-refractivity contribution in [3.05, 3.63) is 66.0 Å². The minimum absolute atomic E-state index is 0.0741. The van der Waals surface area contributed by atoms with Gasteiger partial charge in [-0.1, -0.05) is 30.0 Å². The summed E-state index contributed by atoms with van der Waals surface area (Å²) >= 11 is 1.32. The minimum atomic E-state index is -0.143. The molecule has 7 nitrogen and oxygen atoms in total. The number of aromatic nitrogens is 3. The van der Waals surface area contributed by atoms with Crippen molar-refractivity contribution >= 4 is 29.3 Å². The Morgan fingerprint density at radius 3 is 2.43 bits per heavy atom. The molecule has 0 radical (unpaired) electrons. The topological polar surface area (TPSA) is 80.1 Å². The first-order chi connectivity index (χ1) is 14.5. The van der Waals surface area contributed by atoms with Crippen LogP contribution < -0.4 is 5.32 Å². The van der Waals surface area contributed by atoms with Gasteiger partial charge in [0.25, 0.3) is 5.91 Å². The third-order valence-electron chi connectivity index (χ3n) is 4.71. The molecule has 1 aromatic heterocycles. The maximum absolute atomic E-state index is 12.4. The molecular formula is C22H23N5O2S. The molecular weight excluding hydrogens is 398 g/mol. The summed E-state index contributed by atoms with van der Waals surface area (Å²) in [7, 11) is 3.41. The Balaban J connectivity index is 1.38. The third-order valence-corrected chi connectivity index (χ3v) is 5.55. The lowest BCUT2D eigenvalue weighted by Gasteiger charge is -2.10. The van der Waals surface area contributed by atoms with E-state index in [1.165, 1.54) is 16.7 Å². The molecule has 8 heteroatoms. The summed E-state index contributed by atoms with van der Waals surface area (Å²) in [4.78, 5) is 30.5. The molecule has 2 amide bonds. The highest BCUT2D eigenvalue weighted by Gasteiger charge is 2.30. The molecule has 1 aliphatic rings. The lowest BCUT2D eigenvalue weighted by molar-refractivity contribution is -0.113. The van der Waals surface area contributed by atoms with Crippen LogP contribution in [-0.4, -0.2) is 51.3 Å². The summed E-state index contributed by atoms with van der Waals surface area (Å²) in [5.74, 6) is 1.40. The number of benzene rings is 2. The Morgan fingerprint density at radius 2 is 1.80 bits per heavy atom. The number of hydrogen-bond donors (Lipinski definition) is 1. The van der Waals surface area contributed by atoms with Crippen LogP contribution in [0.2, 0.25) is 0 Å². The van der Waals surface area contributed by atoms with E-state index < -0.39 is 0 Å². The van der Waals surface area contributed by atoms with E-state index in [0.717, 1.165) is 24.4 Å². The number of para-hydroxylation sites is 1. The zero-order valence-electron chi connectivity index (χ0n) is 16.9. The Hall–Kier alpha value is -3.13.